The molecule has 2 aromatic carbocycles. The lowest BCUT2D eigenvalue weighted by molar-refractivity contribution is 0.101. The number of Topliss-reactive ketones (excluding diaryl/α,β-unsaturated/α-hetero) is 1. The molecule has 110 valence electrons. The number of carbonyl (C=O) groups excluding carboxylic acids is 1. The van der Waals surface area contributed by atoms with Crippen LogP contribution in [0.3, 0.4) is 0 Å². The third kappa shape index (κ3) is 3.13. The Hall–Kier alpha value is -2.16. The minimum atomic E-state index is -0.348. The molecular weight excluding hydrogens is 265 g/mol. The van der Waals surface area contributed by atoms with Crippen molar-refractivity contribution in [1.29, 1.82) is 0 Å². The monoisotopic (exact) mass is 285 g/mol. The van der Waals surface area contributed by atoms with Crippen LogP contribution in [0, 0.1) is 12.7 Å². The highest BCUT2D eigenvalue weighted by atomic mass is 19.1. The molecule has 2 rings (SSSR count). The van der Waals surface area contributed by atoms with Crippen LogP contribution in [0.4, 0.5) is 15.8 Å². The second-order valence-corrected chi connectivity index (χ2v) is 5.25. The molecule has 0 unspecified atom stereocenters. The van der Waals surface area contributed by atoms with Gasteiger partial charge >= 0.3 is 0 Å². The van der Waals surface area contributed by atoms with Gasteiger partial charge in [0.05, 0.1) is 5.69 Å². The fourth-order valence-corrected chi connectivity index (χ4v) is 2.32. The van der Waals surface area contributed by atoms with E-state index in [1.165, 1.54) is 18.6 Å². The molecule has 0 amide bonds. The third-order valence-corrected chi connectivity index (χ3v) is 3.75. The number of aryl methyl sites for hydroxylation is 2. The normalized spacial score (nSPS) is 10.5. The summed E-state index contributed by atoms with van der Waals surface area (Å²) in [4.78, 5) is 13.7. The number of hydrogen-bond acceptors (Lipinski definition) is 2. The lowest BCUT2D eigenvalue weighted by Gasteiger charge is -2.23. The Morgan fingerprint density at radius 2 is 1.81 bits per heavy atom. The second kappa shape index (κ2) is 6.08. The predicted octanol–water partition coefficient (Wildman–Crippen LogP) is 4.67. The molecule has 0 spiro atoms. The molecule has 0 aliphatic rings. The summed E-state index contributed by atoms with van der Waals surface area (Å²) in [6, 6.07) is 11.2. The molecule has 0 saturated carbocycles. The Labute approximate surface area is 125 Å². The molecule has 0 aromatic heterocycles. The third-order valence-electron chi connectivity index (χ3n) is 3.75. The van der Waals surface area contributed by atoms with Gasteiger partial charge in [0.2, 0.25) is 0 Å². The molecule has 0 aliphatic heterocycles. The standard InChI is InChI=1S/C18H20FNO/c1-5-14-6-8-15(9-7-14)20(4)18-10-12(2)17(19)11-16(18)13(3)21/h6-11H,5H2,1-4H3. The number of rotatable bonds is 4. The van der Waals surface area contributed by atoms with Gasteiger partial charge in [0.25, 0.3) is 0 Å². The molecule has 0 atom stereocenters. The molecule has 21 heavy (non-hydrogen) atoms. The molecule has 3 heteroatoms. The van der Waals surface area contributed by atoms with Gasteiger partial charge in [-0.1, -0.05) is 19.1 Å². The summed E-state index contributed by atoms with van der Waals surface area (Å²) in [5.74, 6) is -0.486. The van der Waals surface area contributed by atoms with Crippen LogP contribution >= 0.6 is 0 Å². The van der Waals surface area contributed by atoms with Crippen LogP contribution in [0.15, 0.2) is 36.4 Å². The zero-order valence-electron chi connectivity index (χ0n) is 12.9. The fraction of sp³-hybridized carbons (Fsp3) is 0.278. The first-order valence-corrected chi connectivity index (χ1v) is 7.07. The van der Waals surface area contributed by atoms with E-state index in [1.54, 1.807) is 13.0 Å². The Kier molecular flexibility index (Phi) is 4.41. The van der Waals surface area contributed by atoms with Gasteiger partial charge in [-0.2, -0.15) is 0 Å². The Balaban J connectivity index is 2.48. The van der Waals surface area contributed by atoms with Crippen molar-refractivity contribution in [2.45, 2.75) is 27.2 Å². The van der Waals surface area contributed by atoms with Crippen molar-refractivity contribution in [3.63, 3.8) is 0 Å². The van der Waals surface area contributed by atoms with Gasteiger partial charge in [-0.3, -0.25) is 4.79 Å². The van der Waals surface area contributed by atoms with Crippen molar-refractivity contribution in [2.75, 3.05) is 11.9 Å². The van der Waals surface area contributed by atoms with Gasteiger partial charge < -0.3 is 4.90 Å². The highest BCUT2D eigenvalue weighted by Gasteiger charge is 2.15. The van der Waals surface area contributed by atoms with Crippen molar-refractivity contribution in [1.82, 2.24) is 0 Å². The van der Waals surface area contributed by atoms with E-state index >= 15 is 0 Å². The molecule has 0 heterocycles. The SMILES string of the molecule is CCc1ccc(N(C)c2cc(C)c(F)cc2C(C)=O)cc1. The summed E-state index contributed by atoms with van der Waals surface area (Å²) < 4.78 is 13.7. The number of hydrogen-bond donors (Lipinski definition) is 0. The number of benzene rings is 2. The maximum absolute atomic E-state index is 13.7. The number of anilines is 2. The average molecular weight is 285 g/mol. The largest absolute Gasteiger partial charge is 0.344 e. The number of ketones is 1. The Bertz CT molecular complexity index is 662. The molecule has 2 nitrogen and oxygen atoms in total. The lowest BCUT2D eigenvalue weighted by Crippen LogP contribution is -2.14. The lowest BCUT2D eigenvalue weighted by atomic mass is 10.0. The van der Waals surface area contributed by atoms with Crippen LogP contribution in [-0.2, 0) is 6.42 Å². The number of halogens is 1. The van der Waals surface area contributed by atoms with Crippen LogP contribution < -0.4 is 4.90 Å². The highest BCUT2D eigenvalue weighted by Crippen LogP contribution is 2.30. The topological polar surface area (TPSA) is 20.3 Å². The molecule has 0 fully saturated rings. The van der Waals surface area contributed by atoms with Crippen molar-refractivity contribution >= 4 is 17.2 Å². The van der Waals surface area contributed by atoms with Crippen LogP contribution in [0.1, 0.15) is 35.3 Å². The minimum absolute atomic E-state index is 0.138. The molecular formula is C18H20FNO. The summed E-state index contributed by atoms with van der Waals surface area (Å²) >= 11 is 0. The van der Waals surface area contributed by atoms with Crippen molar-refractivity contribution in [3.05, 3.63) is 58.9 Å². The van der Waals surface area contributed by atoms with Crippen LogP contribution in [0.5, 0.6) is 0 Å². The zero-order valence-corrected chi connectivity index (χ0v) is 12.9. The Morgan fingerprint density at radius 3 is 2.33 bits per heavy atom. The van der Waals surface area contributed by atoms with E-state index in [0.717, 1.165) is 17.8 Å². The maximum atomic E-state index is 13.7. The van der Waals surface area contributed by atoms with Crippen LogP contribution in [0.25, 0.3) is 0 Å². The first kappa shape index (κ1) is 15.2. The average Bonchev–Trinajstić information content (AvgIpc) is 2.48. The molecule has 0 aliphatic carbocycles. The highest BCUT2D eigenvalue weighted by molar-refractivity contribution is 6.00. The van der Waals surface area contributed by atoms with Gasteiger partial charge in [-0.15, -0.1) is 0 Å². The number of nitrogens with zero attached hydrogens (tertiary/aromatic N) is 1. The van der Waals surface area contributed by atoms with Crippen molar-refractivity contribution in [3.8, 4) is 0 Å². The molecule has 0 radical (unpaired) electrons. The van der Waals surface area contributed by atoms with Gasteiger partial charge in [0, 0.05) is 18.3 Å². The van der Waals surface area contributed by atoms with E-state index in [4.69, 9.17) is 0 Å². The van der Waals surface area contributed by atoms with Crippen LogP contribution in [-0.4, -0.2) is 12.8 Å². The summed E-state index contributed by atoms with van der Waals surface area (Å²) in [5, 5.41) is 0. The second-order valence-electron chi connectivity index (χ2n) is 5.25. The summed E-state index contributed by atoms with van der Waals surface area (Å²) in [6.45, 7) is 5.27. The molecule has 2 aromatic rings. The predicted molar refractivity (Wildman–Crippen MR) is 85.0 cm³/mol. The van der Waals surface area contributed by atoms with E-state index in [9.17, 15) is 9.18 Å². The quantitative estimate of drug-likeness (QED) is 0.761. The van der Waals surface area contributed by atoms with Crippen molar-refractivity contribution < 1.29 is 9.18 Å². The summed E-state index contributed by atoms with van der Waals surface area (Å²) in [5.41, 5.74) is 3.90. The van der Waals surface area contributed by atoms with E-state index in [0.29, 0.717) is 11.1 Å². The summed E-state index contributed by atoms with van der Waals surface area (Å²) in [6.07, 6.45) is 0.984. The maximum Gasteiger partial charge on any atom is 0.162 e. The molecule has 0 N–H and O–H groups in total. The van der Waals surface area contributed by atoms with Gasteiger partial charge in [0.15, 0.2) is 5.78 Å². The molecule has 0 bridgehead atoms. The van der Waals surface area contributed by atoms with Gasteiger partial charge in [-0.25, -0.2) is 4.39 Å². The van der Waals surface area contributed by atoms with Crippen LogP contribution in [0.2, 0.25) is 0 Å². The zero-order chi connectivity index (χ0) is 15.6. The summed E-state index contributed by atoms with van der Waals surface area (Å²) in [7, 11) is 1.89. The van der Waals surface area contributed by atoms with Crippen molar-refractivity contribution in [2.24, 2.45) is 0 Å². The number of carbonyl (C=O) groups is 1. The smallest absolute Gasteiger partial charge is 0.162 e. The van der Waals surface area contributed by atoms with E-state index in [-0.39, 0.29) is 11.6 Å². The molecule has 0 saturated heterocycles. The first-order valence-electron chi connectivity index (χ1n) is 7.07. The van der Waals surface area contributed by atoms with E-state index in [1.807, 2.05) is 24.1 Å². The van der Waals surface area contributed by atoms with E-state index < -0.39 is 0 Å². The van der Waals surface area contributed by atoms with E-state index in [2.05, 4.69) is 19.1 Å². The Morgan fingerprint density at radius 1 is 1.19 bits per heavy atom. The fourth-order valence-electron chi connectivity index (χ4n) is 2.32. The van der Waals surface area contributed by atoms with Gasteiger partial charge in [0.1, 0.15) is 5.82 Å². The minimum Gasteiger partial charge on any atom is -0.344 e. The first-order chi connectivity index (χ1) is 9.93. The van der Waals surface area contributed by atoms with Gasteiger partial charge in [-0.05, 0) is 55.7 Å².